The van der Waals surface area contributed by atoms with Crippen molar-refractivity contribution in [3.63, 3.8) is 0 Å². The molecule has 4 rings (SSSR count). The second kappa shape index (κ2) is 12.2. The summed E-state index contributed by atoms with van der Waals surface area (Å²) in [5.41, 5.74) is 2.21. The van der Waals surface area contributed by atoms with E-state index in [1.54, 1.807) is 12.1 Å². The van der Waals surface area contributed by atoms with E-state index in [1.165, 1.54) is 16.8 Å². The van der Waals surface area contributed by atoms with Gasteiger partial charge in [0.25, 0.3) is 5.91 Å². The number of para-hydroxylation sites is 1. The normalized spacial score (nSPS) is 13.8. The predicted octanol–water partition coefficient (Wildman–Crippen LogP) is 5.52. The minimum absolute atomic E-state index is 0.00442. The number of nitrogens with zero attached hydrogens (tertiary/aromatic N) is 2. The first-order valence-corrected chi connectivity index (χ1v) is 12.8. The fourth-order valence-corrected chi connectivity index (χ4v) is 4.72. The Morgan fingerprint density at radius 1 is 0.944 bits per heavy atom. The number of unbranched alkanes of at least 4 members (excludes halogenated alkanes) is 1. The van der Waals surface area contributed by atoms with Crippen LogP contribution in [0.3, 0.4) is 0 Å². The van der Waals surface area contributed by atoms with E-state index in [-0.39, 0.29) is 24.1 Å². The fourth-order valence-electron chi connectivity index (χ4n) is 3.69. The van der Waals surface area contributed by atoms with Crippen molar-refractivity contribution in [3.05, 3.63) is 90.5 Å². The van der Waals surface area contributed by atoms with Gasteiger partial charge in [0.1, 0.15) is 11.1 Å². The molecule has 3 aromatic carbocycles. The molecule has 3 amide bonds. The van der Waals surface area contributed by atoms with E-state index in [1.807, 2.05) is 72.8 Å². The van der Waals surface area contributed by atoms with Gasteiger partial charge in [0.2, 0.25) is 11.8 Å². The zero-order valence-electron chi connectivity index (χ0n) is 20.0. The molecule has 8 heteroatoms. The van der Waals surface area contributed by atoms with Crippen molar-refractivity contribution in [3.8, 4) is 0 Å². The zero-order chi connectivity index (χ0) is 25.3. The van der Waals surface area contributed by atoms with Gasteiger partial charge in [-0.25, -0.2) is 0 Å². The summed E-state index contributed by atoms with van der Waals surface area (Å²) in [5.74, 6) is -0.141. The summed E-state index contributed by atoms with van der Waals surface area (Å²) in [6.07, 6.45) is 2.35. The van der Waals surface area contributed by atoms with Crippen molar-refractivity contribution in [2.75, 3.05) is 10.3 Å². The van der Waals surface area contributed by atoms with Crippen LogP contribution in [0, 0.1) is 0 Å². The number of thioether (sulfide) groups is 1. The molecule has 7 nitrogen and oxygen atoms in total. The quantitative estimate of drug-likeness (QED) is 0.379. The Morgan fingerprint density at radius 2 is 1.61 bits per heavy atom. The van der Waals surface area contributed by atoms with Crippen LogP contribution in [-0.4, -0.2) is 23.6 Å². The van der Waals surface area contributed by atoms with Crippen LogP contribution in [-0.2, 0) is 14.4 Å². The van der Waals surface area contributed by atoms with Gasteiger partial charge in [-0.2, -0.15) is 10.1 Å². The molecular weight excluding hydrogens is 472 g/mol. The zero-order valence-corrected chi connectivity index (χ0v) is 20.8. The lowest BCUT2D eigenvalue weighted by atomic mass is 10.1. The van der Waals surface area contributed by atoms with Crippen molar-refractivity contribution in [2.45, 2.75) is 42.8 Å². The number of anilines is 2. The largest absolute Gasteiger partial charge is 0.326 e. The minimum atomic E-state index is -0.556. The average molecular weight is 501 g/mol. The van der Waals surface area contributed by atoms with E-state index < -0.39 is 5.25 Å². The van der Waals surface area contributed by atoms with E-state index in [0.717, 1.165) is 29.0 Å². The molecule has 0 radical (unpaired) electrons. The van der Waals surface area contributed by atoms with Gasteiger partial charge in [-0.05, 0) is 48.4 Å². The predicted molar refractivity (Wildman–Crippen MR) is 144 cm³/mol. The fraction of sp³-hybridized carbons (Fsp3) is 0.214. The topological polar surface area (TPSA) is 90.9 Å². The summed E-state index contributed by atoms with van der Waals surface area (Å²) in [4.78, 5) is 38.7. The van der Waals surface area contributed by atoms with Gasteiger partial charge in [0.05, 0.1) is 12.1 Å². The van der Waals surface area contributed by atoms with Crippen molar-refractivity contribution >= 4 is 46.7 Å². The van der Waals surface area contributed by atoms with Crippen LogP contribution in [0.4, 0.5) is 11.4 Å². The number of benzene rings is 3. The molecular formula is C28H28N4O3S. The summed E-state index contributed by atoms with van der Waals surface area (Å²) < 4.78 is 0. The van der Waals surface area contributed by atoms with E-state index in [9.17, 15) is 14.4 Å². The molecule has 1 aliphatic heterocycles. The number of amides is 3. The molecule has 184 valence electrons. The molecule has 0 aromatic heterocycles. The summed E-state index contributed by atoms with van der Waals surface area (Å²) in [6, 6.07) is 26.0. The molecule has 0 fully saturated rings. The molecule has 1 unspecified atom stereocenters. The lowest BCUT2D eigenvalue weighted by Gasteiger charge is -2.17. The molecule has 0 saturated heterocycles. The van der Waals surface area contributed by atoms with Crippen molar-refractivity contribution in [1.82, 2.24) is 5.32 Å². The molecule has 2 N–H and O–H groups in total. The maximum Gasteiger partial charge on any atom is 0.255 e. The molecule has 3 aromatic rings. The van der Waals surface area contributed by atoms with Crippen LogP contribution in [0.25, 0.3) is 0 Å². The molecule has 0 saturated carbocycles. The third kappa shape index (κ3) is 6.60. The Kier molecular flexibility index (Phi) is 8.52. The monoisotopic (exact) mass is 500 g/mol. The lowest BCUT2D eigenvalue weighted by Crippen LogP contribution is -2.33. The number of hydrogen-bond donors (Lipinski definition) is 2. The number of hydrazone groups is 1. The third-order valence-corrected chi connectivity index (χ3v) is 6.80. The van der Waals surface area contributed by atoms with Crippen LogP contribution in [0.2, 0.25) is 0 Å². The highest BCUT2D eigenvalue weighted by atomic mass is 32.2. The number of rotatable bonds is 9. The first-order chi connectivity index (χ1) is 17.5. The SMILES string of the molecule is CCCCC(=O)Nc1ccc(SC(C(=O)NC2=NN(c3ccccc3)C(=O)C2)c2ccccc2)cc1. The number of amidine groups is 1. The van der Waals surface area contributed by atoms with E-state index >= 15 is 0 Å². The second-order valence-electron chi connectivity index (χ2n) is 8.34. The van der Waals surface area contributed by atoms with Gasteiger partial charge in [0.15, 0.2) is 0 Å². The molecule has 1 heterocycles. The number of nitrogens with one attached hydrogen (secondary N) is 2. The average Bonchev–Trinajstić information content (AvgIpc) is 3.27. The van der Waals surface area contributed by atoms with Gasteiger partial charge in [-0.1, -0.05) is 61.9 Å². The molecule has 1 atom stereocenters. The highest BCUT2D eigenvalue weighted by molar-refractivity contribution is 8.00. The Hall–Kier alpha value is -3.91. The van der Waals surface area contributed by atoms with Crippen LogP contribution >= 0.6 is 11.8 Å². The maximum atomic E-state index is 13.4. The minimum Gasteiger partial charge on any atom is -0.326 e. The second-order valence-corrected chi connectivity index (χ2v) is 9.52. The summed E-state index contributed by atoms with van der Waals surface area (Å²) in [7, 11) is 0. The smallest absolute Gasteiger partial charge is 0.255 e. The molecule has 1 aliphatic rings. The molecule has 0 spiro atoms. The van der Waals surface area contributed by atoms with Crippen LogP contribution in [0.15, 0.2) is 94.9 Å². The first kappa shape index (κ1) is 25.2. The number of hydrogen-bond acceptors (Lipinski definition) is 5. The van der Waals surface area contributed by atoms with Gasteiger partial charge in [-0.15, -0.1) is 11.8 Å². The van der Waals surface area contributed by atoms with Crippen LogP contribution in [0.5, 0.6) is 0 Å². The standard InChI is InChI=1S/C28H28N4O3S/c1-2-3-14-25(33)29-21-15-17-23(18-16-21)36-27(20-10-6-4-7-11-20)28(35)30-24-19-26(34)32(31-24)22-12-8-5-9-13-22/h4-13,15-18,27H,2-3,14,19H2,1H3,(H,29,33)(H,30,31,35). The van der Waals surface area contributed by atoms with Crippen LogP contribution in [0.1, 0.15) is 43.4 Å². The van der Waals surface area contributed by atoms with Gasteiger partial charge in [-0.3, -0.25) is 14.4 Å². The van der Waals surface area contributed by atoms with Gasteiger partial charge >= 0.3 is 0 Å². The Labute approximate surface area is 215 Å². The summed E-state index contributed by atoms with van der Waals surface area (Å²) >= 11 is 1.39. The molecule has 36 heavy (non-hydrogen) atoms. The Bertz CT molecular complexity index is 1230. The van der Waals surface area contributed by atoms with Gasteiger partial charge in [0, 0.05) is 17.0 Å². The molecule has 0 bridgehead atoms. The molecule has 0 aliphatic carbocycles. The third-order valence-electron chi connectivity index (χ3n) is 5.53. The summed E-state index contributed by atoms with van der Waals surface area (Å²) in [6.45, 7) is 2.05. The van der Waals surface area contributed by atoms with Crippen molar-refractivity contribution in [2.24, 2.45) is 5.10 Å². The van der Waals surface area contributed by atoms with Crippen molar-refractivity contribution < 1.29 is 14.4 Å². The maximum absolute atomic E-state index is 13.4. The lowest BCUT2D eigenvalue weighted by molar-refractivity contribution is -0.119. The van der Waals surface area contributed by atoms with E-state index in [0.29, 0.717) is 17.9 Å². The Balaban J connectivity index is 1.47. The highest BCUT2D eigenvalue weighted by Gasteiger charge is 2.29. The number of carbonyl (C=O) groups excluding carboxylic acids is 3. The van der Waals surface area contributed by atoms with Crippen LogP contribution < -0.4 is 15.6 Å². The van der Waals surface area contributed by atoms with E-state index in [2.05, 4.69) is 22.7 Å². The Morgan fingerprint density at radius 3 is 2.28 bits per heavy atom. The van der Waals surface area contributed by atoms with E-state index in [4.69, 9.17) is 0 Å². The highest BCUT2D eigenvalue weighted by Crippen LogP contribution is 2.36. The first-order valence-electron chi connectivity index (χ1n) is 11.9. The van der Waals surface area contributed by atoms with Crippen molar-refractivity contribution in [1.29, 1.82) is 0 Å². The van der Waals surface area contributed by atoms with Gasteiger partial charge < -0.3 is 10.6 Å². The number of carbonyl (C=O) groups is 3. The summed E-state index contributed by atoms with van der Waals surface area (Å²) in [5, 5.41) is 10.9.